The van der Waals surface area contributed by atoms with Crippen LogP contribution in [0.4, 0.5) is 4.79 Å². The Kier molecular flexibility index (Phi) is 5.81. The number of carboxylic acids is 1. The molecule has 4 rings (SSSR count). The second kappa shape index (κ2) is 8.85. The van der Waals surface area contributed by atoms with Crippen molar-refractivity contribution >= 4 is 23.3 Å². The molecule has 3 aromatic carbocycles. The average molecular weight is 430 g/mol. The summed E-state index contributed by atoms with van der Waals surface area (Å²) in [4.78, 5) is 24.4. The highest BCUT2D eigenvalue weighted by Gasteiger charge is 2.31. The van der Waals surface area contributed by atoms with Gasteiger partial charge in [0, 0.05) is 5.57 Å². The Morgan fingerprint density at radius 2 is 1.62 bits per heavy atom. The van der Waals surface area contributed by atoms with Crippen molar-refractivity contribution in [1.29, 1.82) is 0 Å². The SMILES string of the molecule is CCOc1cc(C2NC(=O)NC(c3ccccc3)=C2c2ccccc2)cc(C(=O)O)c1O. The molecule has 32 heavy (non-hydrogen) atoms. The van der Waals surface area contributed by atoms with Crippen molar-refractivity contribution in [3.8, 4) is 11.5 Å². The standard InChI is InChI=1S/C25H22N2O5/c1-2-32-19-14-17(13-18(23(19)28)24(29)30)22-20(15-9-5-3-6-10-15)21(26-25(31)27-22)16-11-7-4-8-12-16/h3-14,22,28H,2H2,1H3,(H,29,30)(H2,26,27,31). The Bertz CT molecular complexity index is 1190. The number of phenols is 1. The molecular formula is C25H22N2O5. The fourth-order valence-electron chi connectivity index (χ4n) is 3.80. The van der Waals surface area contributed by atoms with Crippen LogP contribution in [0.15, 0.2) is 72.8 Å². The van der Waals surface area contributed by atoms with Crippen molar-refractivity contribution in [3.63, 3.8) is 0 Å². The number of carboxylic acid groups (broad SMARTS) is 1. The van der Waals surface area contributed by atoms with E-state index in [9.17, 15) is 19.8 Å². The zero-order valence-corrected chi connectivity index (χ0v) is 17.3. The number of hydrogen-bond acceptors (Lipinski definition) is 4. The maximum Gasteiger partial charge on any atom is 0.339 e. The summed E-state index contributed by atoms with van der Waals surface area (Å²) in [7, 11) is 0. The van der Waals surface area contributed by atoms with E-state index in [2.05, 4.69) is 10.6 Å². The maximum absolute atomic E-state index is 12.7. The van der Waals surface area contributed by atoms with Crippen LogP contribution in [0.25, 0.3) is 11.3 Å². The summed E-state index contributed by atoms with van der Waals surface area (Å²) in [6, 6.07) is 20.8. The number of amides is 2. The Balaban J connectivity index is 1.98. The first-order valence-electron chi connectivity index (χ1n) is 10.1. The summed E-state index contributed by atoms with van der Waals surface area (Å²) in [5, 5.41) is 25.8. The third-order valence-electron chi connectivity index (χ3n) is 5.18. The number of carbonyl (C=O) groups is 2. The molecule has 7 heteroatoms. The van der Waals surface area contributed by atoms with E-state index in [1.165, 1.54) is 6.07 Å². The number of rotatable bonds is 6. The number of hydrogen-bond donors (Lipinski definition) is 4. The molecule has 0 aliphatic carbocycles. The molecule has 1 atom stereocenters. The lowest BCUT2D eigenvalue weighted by atomic mass is 9.87. The first-order chi connectivity index (χ1) is 15.5. The lowest BCUT2D eigenvalue weighted by Crippen LogP contribution is -2.43. The predicted molar refractivity (Wildman–Crippen MR) is 120 cm³/mol. The quantitative estimate of drug-likeness (QED) is 0.463. The highest BCUT2D eigenvalue weighted by Crippen LogP contribution is 2.41. The van der Waals surface area contributed by atoms with Crippen LogP contribution in [0, 0.1) is 0 Å². The third kappa shape index (κ3) is 4.00. The Hall–Kier alpha value is -4.26. The van der Waals surface area contributed by atoms with Crippen LogP contribution in [0.5, 0.6) is 11.5 Å². The van der Waals surface area contributed by atoms with Gasteiger partial charge in [-0.3, -0.25) is 0 Å². The molecule has 4 N–H and O–H groups in total. The average Bonchev–Trinajstić information content (AvgIpc) is 2.81. The van der Waals surface area contributed by atoms with Gasteiger partial charge >= 0.3 is 12.0 Å². The minimum Gasteiger partial charge on any atom is -0.504 e. The molecule has 2 amide bonds. The molecule has 0 radical (unpaired) electrons. The van der Waals surface area contributed by atoms with Gasteiger partial charge in [-0.1, -0.05) is 60.7 Å². The van der Waals surface area contributed by atoms with Gasteiger partial charge in [0.1, 0.15) is 5.56 Å². The Labute approximate surface area is 185 Å². The monoisotopic (exact) mass is 430 g/mol. The number of ether oxygens (including phenoxy) is 1. The minimum absolute atomic E-state index is 0.0452. The van der Waals surface area contributed by atoms with Crippen molar-refractivity contribution in [3.05, 3.63) is 95.1 Å². The van der Waals surface area contributed by atoms with E-state index in [-0.39, 0.29) is 17.9 Å². The molecule has 0 bridgehead atoms. The molecule has 0 saturated carbocycles. The lowest BCUT2D eigenvalue weighted by Gasteiger charge is -2.31. The van der Waals surface area contributed by atoms with Gasteiger partial charge in [0.05, 0.1) is 18.3 Å². The smallest absolute Gasteiger partial charge is 0.339 e. The van der Waals surface area contributed by atoms with Gasteiger partial charge in [0.2, 0.25) is 0 Å². The fraction of sp³-hybridized carbons (Fsp3) is 0.120. The van der Waals surface area contributed by atoms with Crippen molar-refractivity contribution in [1.82, 2.24) is 10.6 Å². The van der Waals surface area contributed by atoms with Crippen LogP contribution < -0.4 is 15.4 Å². The summed E-state index contributed by atoms with van der Waals surface area (Å²) >= 11 is 0. The summed E-state index contributed by atoms with van der Waals surface area (Å²) in [6.07, 6.45) is 0. The molecule has 1 aliphatic rings. The normalized spacial score (nSPS) is 15.7. The van der Waals surface area contributed by atoms with E-state index in [0.29, 0.717) is 11.3 Å². The topological polar surface area (TPSA) is 108 Å². The highest BCUT2D eigenvalue weighted by atomic mass is 16.5. The number of aromatic carboxylic acids is 1. The summed E-state index contributed by atoms with van der Waals surface area (Å²) in [5.41, 5.74) is 3.23. The molecular weight excluding hydrogens is 408 g/mol. The van der Waals surface area contributed by atoms with E-state index in [0.717, 1.165) is 16.7 Å². The summed E-state index contributed by atoms with van der Waals surface area (Å²) in [6.45, 7) is 1.98. The molecule has 162 valence electrons. The zero-order chi connectivity index (χ0) is 22.7. The van der Waals surface area contributed by atoms with Crippen molar-refractivity contribution in [2.24, 2.45) is 0 Å². The number of aromatic hydroxyl groups is 1. The molecule has 3 aromatic rings. The first kappa shape index (κ1) is 21.0. The number of benzene rings is 3. The molecule has 7 nitrogen and oxygen atoms in total. The first-order valence-corrected chi connectivity index (χ1v) is 10.1. The van der Waals surface area contributed by atoms with Gasteiger partial charge in [-0.2, -0.15) is 0 Å². The van der Waals surface area contributed by atoms with E-state index in [1.807, 2.05) is 60.7 Å². The van der Waals surface area contributed by atoms with Crippen LogP contribution in [0.3, 0.4) is 0 Å². The molecule has 0 aromatic heterocycles. The molecule has 0 saturated heterocycles. The van der Waals surface area contributed by atoms with Gasteiger partial charge in [-0.25, -0.2) is 9.59 Å². The van der Waals surface area contributed by atoms with Crippen LogP contribution in [-0.2, 0) is 0 Å². The number of nitrogens with one attached hydrogen (secondary N) is 2. The van der Waals surface area contributed by atoms with Crippen molar-refractivity contribution < 1.29 is 24.5 Å². The Morgan fingerprint density at radius 3 is 2.22 bits per heavy atom. The van der Waals surface area contributed by atoms with Crippen LogP contribution >= 0.6 is 0 Å². The maximum atomic E-state index is 12.7. The minimum atomic E-state index is -1.29. The van der Waals surface area contributed by atoms with E-state index in [4.69, 9.17) is 4.74 Å². The predicted octanol–water partition coefficient (Wildman–Crippen LogP) is 4.41. The van der Waals surface area contributed by atoms with Gasteiger partial charge < -0.3 is 25.6 Å². The zero-order valence-electron chi connectivity index (χ0n) is 17.3. The second-order valence-electron chi connectivity index (χ2n) is 7.21. The van der Waals surface area contributed by atoms with Gasteiger partial charge in [-0.15, -0.1) is 0 Å². The lowest BCUT2D eigenvalue weighted by molar-refractivity contribution is 0.0692. The van der Waals surface area contributed by atoms with Crippen LogP contribution in [0.1, 0.15) is 40.0 Å². The molecule has 1 unspecified atom stereocenters. The van der Waals surface area contributed by atoms with Crippen molar-refractivity contribution in [2.45, 2.75) is 13.0 Å². The van der Waals surface area contributed by atoms with Gasteiger partial charge in [-0.05, 0) is 35.7 Å². The van der Waals surface area contributed by atoms with Gasteiger partial charge in [0.15, 0.2) is 11.5 Å². The molecule has 0 fully saturated rings. The van der Waals surface area contributed by atoms with Crippen molar-refractivity contribution in [2.75, 3.05) is 6.61 Å². The fourth-order valence-corrected chi connectivity index (χ4v) is 3.80. The second-order valence-corrected chi connectivity index (χ2v) is 7.21. The Morgan fingerprint density at radius 1 is 1.00 bits per heavy atom. The molecule has 1 heterocycles. The molecule has 0 spiro atoms. The van der Waals surface area contributed by atoms with E-state index in [1.54, 1.807) is 13.0 Å². The molecule has 1 aliphatic heterocycles. The van der Waals surface area contributed by atoms with Crippen LogP contribution in [0.2, 0.25) is 0 Å². The summed E-state index contributed by atoms with van der Waals surface area (Å²) in [5.74, 6) is -1.69. The van der Waals surface area contributed by atoms with Crippen LogP contribution in [-0.4, -0.2) is 28.8 Å². The van der Waals surface area contributed by atoms with E-state index >= 15 is 0 Å². The number of urea groups is 1. The third-order valence-corrected chi connectivity index (χ3v) is 5.18. The van der Waals surface area contributed by atoms with E-state index < -0.39 is 23.8 Å². The highest BCUT2D eigenvalue weighted by molar-refractivity contribution is 6.03. The van der Waals surface area contributed by atoms with Gasteiger partial charge in [0.25, 0.3) is 0 Å². The number of carbonyl (C=O) groups excluding carboxylic acids is 1. The largest absolute Gasteiger partial charge is 0.504 e. The summed E-state index contributed by atoms with van der Waals surface area (Å²) < 4.78 is 5.48.